The number of halogens is 1. The third kappa shape index (κ3) is 3.10. The number of hydrogen-bond donors (Lipinski definition) is 1. The summed E-state index contributed by atoms with van der Waals surface area (Å²) >= 11 is 6.52. The minimum absolute atomic E-state index is 0.0133. The summed E-state index contributed by atoms with van der Waals surface area (Å²) in [5.74, 6) is -2.53. The van der Waals surface area contributed by atoms with Crippen molar-refractivity contribution < 1.29 is 19.4 Å². The molecule has 2 aromatic carbocycles. The van der Waals surface area contributed by atoms with Crippen LogP contribution in [-0.4, -0.2) is 26.9 Å². The van der Waals surface area contributed by atoms with Crippen molar-refractivity contribution in [3.05, 3.63) is 78.7 Å². The van der Waals surface area contributed by atoms with E-state index in [4.69, 9.17) is 4.74 Å². The highest BCUT2D eigenvalue weighted by Gasteiger charge is 2.67. The van der Waals surface area contributed by atoms with Crippen molar-refractivity contribution in [2.45, 2.75) is 29.2 Å². The summed E-state index contributed by atoms with van der Waals surface area (Å²) in [6.45, 7) is 0.474. The number of hydrogen-bond acceptors (Lipinski definition) is 6. The SMILES string of the molecule is O=C(O)[C@@H]1[C@H]2C[C@H]3[C@@H]1C(=O)Oc1ccc(Br)cc1[C@@H]1c4sc(=O)n(Cc5ccccc5)c4S[C@@H]2[C@@H]13. The summed E-state index contributed by atoms with van der Waals surface area (Å²) in [6.07, 6.45) is 0.705. The number of aromatic nitrogens is 1. The number of rotatable bonds is 3. The highest BCUT2D eigenvalue weighted by Crippen LogP contribution is 2.68. The topological polar surface area (TPSA) is 85.6 Å². The van der Waals surface area contributed by atoms with E-state index in [0.29, 0.717) is 18.7 Å². The van der Waals surface area contributed by atoms with Crippen molar-refractivity contribution in [2.75, 3.05) is 0 Å². The van der Waals surface area contributed by atoms with E-state index in [9.17, 15) is 19.5 Å². The third-order valence-corrected chi connectivity index (χ3v) is 11.5. The molecule has 2 aliphatic carbocycles. The molecule has 0 unspecified atom stereocenters. The van der Waals surface area contributed by atoms with Crippen LogP contribution in [0.4, 0.5) is 0 Å². The zero-order valence-electron chi connectivity index (χ0n) is 18.3. The third-order valence-electron chi connectivity index (χ3n) is 8.20. The quantitative estimate of drug-likeness (QED) is 0.359. The normalized spacial score (nSPS) is 31.8. The fraction of sp³-hybridized carbons (Fsp3) is 0.346. The van der Waals surface area contributed by atoms with E-state index in [1.807, 2.05) is 47.0 Å². The Labute approximate surface area is 217 Å². The molecule has 7 atom stereocenters. The molecule has 9 heteroatoms. The van der Waals surface area contributed by atoms with Crippen LogP contribution in [0.2, 0.25) is 0 Å². The lowest BCUT2D eigenvalue weighted by Crippen LogP contribution is -2.49. The van der Waals surface area contributed by atoms with Crippen molar-refractivity contribution in [1.82, 2.24) is 4.57 Å². The van der Waals surface area contributed by atoms with Crippen molar-refractivity contribution in [2.24, 2.45) is 29.6 Å². The molecule has 4 aliphatic rings. The van der Waals surface area contributed by atoms with Gasteiger partial charge in [-0.05, 0) is 47.9 Å². The Kier molecular flexibility index (Phi) is 4.89. The number of aliphatic carboxylic acids is 1. The van der Waals surface area contributed by atoms with Gasteiger partial charge in [-0.25, -0.2) is 0 Å². The van der Waals surface area contributed by atoms with Gasteiger partial charge in [-0.3, -0.25) is 19.0 Å². The fourth-order valence-corrected chi connectivity index (χ4v) is 10.5. The van der Waals surface area contributed by atoms with E-state index >= 15 is 0 Å². The highest BCUT2D eigenvalue weighted by atomic mass is 79.9. The van der Waals surface area contributed by atoms with E-state index < -0.39 is 23.8 Å². The predicted molar refractivity (Wildman–Crippen MR) is 135 cm³/mol. The van der Waals surface area contributed by atoms with E-state index in [-0.39, 0.29) is 33.8 Å². The average Bonchev–Trinajstić information content (AvgIpc) is 3.49. The molecular formula is C26H20BrNO5S2. The molecule has 0 amide bonds. The number of fused-ring (bicyclic) bond motifs is 6. The van der Waals surface area contributed by atoms with Gasteiger partial charge in [0.05, 0.1) is 23.4 Å². The molecule has 3 heterocycles. The average molecular weight is 570 g/mol. The lowest BCUT2D eigenvalue weighted by Gasteiger charge is -2.46. The van der Waals surface area contributed by atoms with Gasteiger partial charge in [0, 0.05) is 26.1 Å². The molecule has 0 spiro atoms. The Morgan fingerprint density at radius 2 is 1.94 bits per heavy atom. The standard InChI is InChI=1S/C26H20BrNO5S2/c27-12-6-7-16-13(8-12)17-18-14-9-15(19(24(29)30)20(14)25(31)33-16)21(18)34-23-22(17)35-26(32)28(23)10-11-4-2-1-3-5-11/h1-8,14-15,17-21H,9-10H2,(H,29,30)/t14-,15-,17+,18-,19-,20+,21+/m1/s1. The molecule has 6 nitrogen and oxygen atoms in total. The zero-order chi connectivity index (χ0) is 24.0. The van der Waals surface area contributed by atoms with Crippen LogP contribution < -0.4 is 9.61 Å². The first-order valence-corrected chi connectivity index (χ1v) is 14.1. The van der Waals surface area contributed by atoms with Gasteiger partial charge in [-0.1, -0.05) is 57.6 Å². The fourth-order valence-electron chi connectivity index (χ4n) is 6.98. The van der Waals surface area contributed by atoms with Crippen LogP contribution in [-0.2, 0) is 16.1 Å². The highest BCUT2D eigenvalue weighted by molar-refractivity contribution is 9.10. The Morgan fingerprint density at radius 3 is 2.71 bits per heavy atom. The minimum atomic E-state index is -0.926. The molecule has 7 rings (SSSR count). The van der Waals surface area contributed by atoms with E-state index in [0.717, 1.165) is 25.5 Å². The van der Waals surface area contributed by atoms with E-state index in [1.165, 1.54) is 11.3 Å². The summed E-state index contributed by atoms with van der Waals surface area (Å²) < 4.78 is 8.61. The molecule has 2 aliphatic heterocycles. The zero-order valence-corrected chi connectivity index (χ0v) is 21.5. The minimum Gasteiger partial charge on any atom is -0.481 e. The molecule has 0 radical (unpaired) electrons. The van der Waals surface area contributed by atoms with Crippen LogP contribution >= 0.6 is 39.0 Å². The lowest BCUT2D eigenvalue weighted by atomic mass is 9.66. The van der Waals surface area contributed by atoms with E-state index in [2.05, 4.69) is 15.9 Å². The van der Waals surface area contributed by atoms with Gasteiger partial charge in [-0.15, -0.1) is 11.8 Å². The molecule has 1 N–H and O–H groups in total. The number of thiazole rings is 1. The number of nitrogens with zero attached hydrogens (tertiary/aromatic N) is 1. The predicted octanol–water partition coefficient (Wildman–Crippen LogP) is 4.83. The molecule has 1 aromatic heterocycles. The first-order chi connectivity index (χ1) is 16.9. The number of thioether (sulfide) groups is 1. The second-order valence-electron chi connectivity index (χ2n) is 9.80. The van der Waals surface area contributed by atoms with Gasteiger partial charge in [0.15, 0.2) is 0 Å². The molecule has 178 valence electrons. The van der Waals surface area contributed by atoms with Crippen molar-refractivity contribution in [3.8, 4) is 5.75 Å². The maximum absolute atomic E-state index is 13.3. The number of carboxylic acids is 1. The molecule has 35 heavy (non-hydrogen) atoms. The number of carbonyl (C=O) groups is 2. The van der Waals surface area contributed by atoms with Crippen molar-refractivity contribution in [3.63, 3.8) is 0 Å². The van der Waals surface area contributed by atoms with Crippen LogP contribution in [0.25, 0.3) is 0 Å². The van der Waals surface area contributed by atoms with Gasteiger partial charge in [0.1, 0.15) is 5.75 Å². The first-order valence-electron chi connectivity index (χ1n) is 11.6. The molecule has 0 saturated heterocycles. The van der Waals surface area contributed by atoms with Crippen LogP contribution in [0.3, 0.4) is 0 Å². The number of esters is 1. The Hall–Kier alpha value is -2.36. The van der Waals surface area contributed by atoms with Crippen molar-refractivity contribution in [1.29, 1.82) is 0 Å². The summed E-state index contributed by atoms with van der Waals surface area (Å²) in [4.78, 5) is 39.9. The number of ether oxygens (including phenoxy) is 1. The maximum atomic E-state index is 13.3. The summed E-state index contributed by atoms with van der Waals surface area (Å²) in [5.41, 5.74) is 1.94. The first kappa shape index (κ1) is 21.9. The van der Waals surface area contributed by atoms with E-state index in [1.54, 1.807) is 17.8 Å². The molecule has 2 fully saturated rings. The monoisotopic (exact) mass is 569 g/mol. The number of carbonyl (C=O) groups excluding carboxylic acids is 1. The summed E-state index contributed by atoms with van der Waals surface area (Å²) in [5, 5.41) is 11.1. The Bertz CT molecular complexity index is 1450. The lowest BCUT2D eigenvalue weighted by molar-refractivity contribution is -0.156. The molecule has 3 aromatic rings. The molecule has 2 saturated carbocycles. The number of carboxylic acid groups (broad SMARTS) is 1. The Balaban J connectivity index is 1.45. The van der Waals surface area contributed by atoms with Crippen LogP contribution in [0.15, 0.2) is 62.8 Å². The second-order valence-corrected chi connectivity index (χ2v) is 12.9. The molecule has 2 bridgehead atoms. The van der Waals surface area contributed by atoms with Gasteiger partial charge in [0.25, 0.3) is 0 Å². The summed E-state index contributed by atoms with van der Waals surface area (Å²) in [7, 11) is 0. The van der Waals surface area contributed by atoms with Gasteiger partial charge < -0.3 is 9.84 Å². The number of benzene rings is 2. The second kappa shape index (κ2) is 7.82. The van der Waals surface area contributed by atoms with Gasteiger partial charge in [0.2, 0.25) is 0 Å². The van der Waals surface area contributed by atoms with Crippen LogP contribution in [0.5, 0.6) is 5.75 Å². The van der Waals surface area contributed by atoms with Crippen LogP contribution in [0, 0.1) is 29.6 Å². The van der Waals surface area contributed by atoms with Crippen LogP contribution in [0.1, 0.15) is 28.3 Å². The molecular weight excluding hydrogens is 550 g/mol. The van der Waals surface area contributed by atoms with Gasteiger partial charge >= 0.3 is 16.8 Å². The maximum Gasteiger partial charge on any atom is 0.315 e. The largest absolute Gasteiger partial charge is 0.481 e. The van der Waals surface area contributed by atoms with Gasteiger partial charge in [-0.2, -0.15) is 0 Å². The smallest absolute Gasteiger partial charge is 0.315 e. The summed E-state index contributed by atoms with van der Waals surface area (Å²) in [6, 6.07) is 15.5. The Morgan fingerprint density at radius 1 is 1.14 bits per heavy atom. The van der Waals surface area contributed by atoms with Crippen molar-refractivity contribution >= 4 is 51.0 Å².